The van der Waals surface area contributed by atoms with E-state index in [1.54, 1.807) is 24.3 Å². The van der Waals surface area contributed by atoms with Crippen molar-refractivity contribution in [3.63, 3.8) is 0 Å². The van der Waals surface area contributed by atoms with Crippen LogP contribution in [0.3, 0.4) is 0 Å². The van der Waals surface area contributed by atoms with Crippen molar-refractivity contribution in [2.24, 2.45) is 0 Å². The molecular weight excluding hydrogens is 532 g/mol. The Morgan fingerprint density at radius 3 is 2.38 bits per heavy atom. The van der Waals surface area contributed by atoms with Crippen molar-refractivity contribution in [1.82, 2.24) is 0 Å². The Morgan fingerprint density at radius 2 is 1.68 bits per heavy atom. The van der Waals surface area contributed by atoms with Gasteiger partial charge in [-0.25, -0.2) is 0 Å². The number of aliphatic carboxylic acids is 1. The summed E-state index contributed by atoms with van der Waals surface area (Å²) >= 11 is 1.43. The molecule has 40 heavy (non-hydrogen) atoms. The Balaban J connectivity index is 1.39. The number of carbonyl (C=O) groups excluding carboxylic acids is 1. The number of unbranched alkanes of at least 4 members (excludes halogenated alkanes) is 2. The molecule has 1 aromatic heterocycles. The van der Waals surface area contributed by atoms with Crippen molar-refractivity contribution in [3.05, 3.63) is 94.8 Å². The Labute approximate surface area is 237 Å². The lowest BCUT2D eigenvalue weighted by Gasteiger charge is -2.36. The minimum atomic E-state index is -0.821. The summed E-state index contributed by atoms with van der Waals surface area (Å²) in [5.41, 5.74) is 3.26. The van der Waals surface area contributed by atoms with Gasteiger partial charge in [0.05, 0.1) is 18.8 Å². The van der Waals surface area contributed by atoms with E-state index in [0.29, 0.717) is 48.6 Å². The molecule has 4 rings (SSSR count). The van der Waals surface area contributed by atoms with Gasteiger partial charge in [0.1, 0.15) is 0 Å². The second-order valence-electron chi connectivity index (χ2n) is 9.65. The molecule has 1 saturated heterocycles. The molecule has 1 aliphatic rings. The third-order valence-corrected chi connectivity index (χ3v) is 7.73. The topological polar surface area (TPSA) is 132 Å². The number of hydrogen-bond donors (Lipinski definition) is 3. The molecule has 1 fully saturated rings. The maximum atomic E-state index is 12.3. The van der Waals surface area contributed by atoms with E-state index in [0.717, 1.165) is 21.4 Å². The highest BCUT2D eigenvalue weighted by Gasteiger charge is 2.32. The fraction of sp³-hybridized carbons (Fsp3) is 0.367. The van der Waals surface area contributed by atoms with Crippen molar-refractivity contribution in [3.8, 4) is 0 Å². The quantitative estimate of drug-likeness (QED) is 0.112. The van der Waals surface area contributed by atoms with Gasteiger partial charge in [0.25, 0.3) is 5.03 Å². The maximum Gasteiger partial charge on any atom is 0.303 e. The Kier molecular flexibility index (Phi) is 10.9. The summed E-state index contributed by atoms with van der Waals surface area (Å²) < 4.78 is 13.5. The lowest BCUT2D eigenvalue weighted by atomic mass is 10.0. The number of aromatic nitrogens is 1. The Hall–Kier alpha value is -3.44. The molecule has 0 radical (unpaired) electrons. The van der Waals surface area contributed by atoms with Crippen molar-refractivity contribution in [1.29, 1.82) is 0 Å². The molecule has 212 valence electrons. The number of anilines is 1. The van der Waals surface area contributed by atoms with Crippen molar-refractivity contribution in [2.45, 2.75) is 68.7 Å². The molecule has 3 aromatic rings. The fourth-order valence-corrected chi connectivity index (χ4v) is 5.35. The van der Waals surface area contributed by atoms with Crippen LogP contribution in [0.25, 0.3) is 0 Å². The number of thioether (sulfide) groups is 1. The molecule has 2 heterocycles. The highest BCUT2D eigenvalue weighted by molar-refractivity contribution is 7.99. The summed E-state index contributed by atoms with van der Waals surface area (Å²) in [6.07, 6.45) is 3.34. The van der Waals surface area contributed by atoms with Gasteiger partial charge in [-0.3, -0.25) is 9.59 Å². The first-order valence-electron chi connectivity index (χ1n) is 13.3. The molecule has 0 spiro atoms. The van der Waals surface area contributed by atoms with Gasteiger partial charge in [0, 0.05) is 48.4 Å². The van der Waals surface area contributed by atoms with Crippen LogP contribution in [0.5, 0.6) is 0 Å². The smallest absolute Gasteiger partial charge is 0.303 e. The Bertz CT molecular complexity index is 1250. The Morgan fingerprint density at radius 1 is 0.950 bits per heavy atom. The predicted molar refractivity (Wildman–Crippen MR) is 150 cm³/mol. The number of nitrogens with one attached hydrogen (secondary N) is 1. The van der Waals surface area contributed by atoms with Gasteiger partial charge in [0.15, 0.2) is 12.5 Å². The van der Waals surface area contributed by atoms with Gasteiger partial charge in [-0.15, -0.1) is 0 Å². The van der Waals surface area contributed by atoms with Crippen LogP contribution < -0.4 is 10.0 Å². The van der Waals surface area contributed by atoms with E-state index in [-0.39, 0.29) is 31.1 Å². The zero-order valence-corrected chi connectivity index (χ0v) is 22.9. The van der Waals surface area contributed by atoms with Gasteiger partial charge < -0.3 is 30.2 Å². The van der Waals surface area contributed by atoms with Crippen molar-refractivity contribution >= 4 is 29.3 Å². The molecule has 1 amide bonds. The number of carbonyl (C=O) groups is 2. The minimum absolute atomic E-state index is 0.0311. The first-order valence-corrected chi connectivity index (χ1v) is 14.3. The van der Waals surface area contributed by atoms with Crippen LogP contribution in [0.15, 0.2) is 78.0 Å². The molecule has 0 aliphatic carbocycles. The largest absolute Gasteiger partial charge is 0.618 e. The standard InChI is InChI=1S/C30H34N2O7S/c33-19-21-9-11-22(12-10-21)26-18-25(20-40-28-7-4-5-17-32(28)37)38-30(39-26)23-13-15-24(16-14-23)31-27(34)6-2-1-3-8-29(35)36/h4-5,7,9-17,25-26,30,33H,1-3,6,8,18-20H2,(H,31,34)(H,35,36). The van der Waals surface area contributed by atoms with Crippen LogP contribution in [0.4, 0.5) is 5.69 Å². The molecule has 3 atom stereocenters. The van der Waals surface area contributed by atoms with Gasteiger partial charge >= 0.3 is 5.97 Å². The highest BCUT2D eigenvalue weighted by atomic mass is 32.2. The van der Waals surface area contributed by atoms with E-state index in [1.165, 1.54) is 18.0 Å². The molecule has 9 nitrogen and oxygen atoms in total. The number of ether oxygens (including phenoxy) is 2. The summed E-state index contributed by atoms with van der Waals surface area (Å²) in [6.45, 7) is -0.0311. The van der Waals surface area contributed by atoms with Gasteiger partial charge in [-0.05, 0) is 42.2 Å². The number of amides is 1. The van der Waals surface area contributed by atoms with Crippen LogP contribution in [0.2, 0.25) is 0 Å². The summed E-state index contributed by atoms with van der Waals surface area (Å²) in [6, 6.07) is 20.3. The zero-order chi connectivity index (χ0) is 28.3. The third kappa shape index (κ3) is 8.79. The van der Waals surface area contributed by atoms with Crippen LogP contribution in [-0.4, -0.2) is 33.9 Å². The number of pyridine rings is 1. The summed E-state index contributed by atoms with van der Waals surface area (Å²) in [5.74, 6) is -0.371. The van der Waals surface area contributed by atoms with Crippen LogP contribution in [0, 0.1) is 5.21 Å². The minimum Gasteiger partial charge on any atom is -0.618 e. The van der Waals surface area contributed by atoms with E-state index in [2.05, 4.69) is 5.32 Å². The molecule has 2 aromatic carbocycles. The SMILES string of the molecule is O=C(O)CCCCCC(=O)Nc1ccc(C2OC(CSc3cccc[n+]3[O-])CC(c3ccc(CO)cc3)O2)cc1. The average molecular weight is 567 g/mol. The fourth-order valence-electron chi connectivity index (χ4n) is 4.41. The maximum absolute atomic E-state index is 12.3. The second kappa shape index (κ2) is 14.8. The van der Waals surface area contributed by atoms with E-state index in [4.69, 9.17) is 14.6 Å². The molecule has 10 heteroatoms. The summed E-state index contributed by atoms with van der Waals surface area (Å²) in [4.78, 5) is 22.9. The van der Waals surface area contributed by atoms with E-state index in [9.17, 15) is 19.9 Å². The van der Waals surface area contributed by atoms with Crippen molar-refractivity contribution in [2.75, 3.05) is 11.1 Å². The monoisotopic (exact) mass is 566 g/mol. The van der Waals surface area contributed by atoms with Crippen molar-refractivity contribution < 1.29 is 34.0 Å². The van der Waals surface area contributed by atoms with Gasteiger partial charge in [0.2, 0.25) is 5.91 Å². The van der Waals surface area contributed by atoms with Gasteiger partial charge in [-0.1, -0.05) is 54.6 Å². The number of rotatable bonds is 13. The number of carboxylic acid groups (broad SMARTS) is 1. The lowest BCUT2D eigenvalue weighted by molar-refractivity contribution is -0.645. The van der Waals surface area contributed by atoms with E-state index >= 15 is 0 Å². The van der Waals surface area contributed by atoms with Crippen LogP contribution >= 0.6 is 11.8 Å². The highest BCUT2D eigenvalue weighted by Crippen LogP contribution is 2.39. The van der Waals surface area contributed by atoms with Crippen LogP contribution in [0.1, 0.15) is 67.6 Å². The normalized spacial score (nSPS) is 18.8. The first kappa shape index (κ1) is 29.5. The number of hydrogen-bond acceptors (Lipinski definition) is 7. The lowest BCUT2D eigenvalue weighted by Crippen LogP contribution is -2.32. The second-order valence-corrected chi connectivity index (χ2v) is 10.7. The molecular formula is C30H34N2O7S. The third-order valence-electron chi connectivity index (χ3n) is 6.58. The molecule has 0 saturated carbocycles. The molecule has 1 aliphatic heterocycles. The van der Waals surface area contributed by atoms with E-state index in [1.807, 2.05) is 42.5 Å². The van der Waals surface area contributed by atoms with Gasteiger partial charge in [-0.2, -0.15) is 4.73 Å². The van der Waals surface area contributed by atoms with E-state index < -0.39 is 12.3 Å². The number of carboxylic acids is 1. The number of aliphatic hydroxyl groups excluding tert-OH is 1. The molecule has 0 bridgehead atoms. The number of benzene rings is 2. The summed E-state index contributed by atoms with van der Waals surface area (Å²) in [5, 5.41) is 33.7. The summed E-state index contributed by atoms with van der Waals surface area (Å²) in [7, 11) is 0. The molecule has 3 N–H and O–H groups in total. The predicted octanol–water partition coefficient (Wildman–Crippen LogP) is 5.12. The van der Waals surface area contributed by atoms with Crippen LogP contribution in [-0.2, 0) is 25.7 Å². The zero-order valence-electron chi connectivity index (χ0n) is 22.1. The molecule has 3 unspecified atom stereocenters. The number of aliphatic hydroxyl groups is 1. The first-order chi connectivity index (χ1) is 19.4. The average Bonchev–Trinajstić information content (AvgIpc) is 2.96. The number of nitrogens with zero attached hydrogens (tertiary/aromatic N) is 1.